The minimum atomic E-state index is -3.80. The van der Waals surface area contributed by atoms with E-state index >= 15 is 0 Å². The molecule has 3 rings (SSSR count). The number of hydrogen-bond acceptors (Lipinski definition) is 4. The summed E-state index contributed by atoms with van der Waals surface area (Å²) in [4.78, 5) is 11.7. The molecule has 1 fully saturated rings. The van der Waals surface area contributed by atoms with E-state index in [2.05, 4.69) is 0 Å². The Labute approximate surface area is 139 Å². The van der Waals surface area contributed by atoms with E-state index < -0.39 is 26.4 Å². The second kappa shape index (κ2) is 5.48. The van der Waals surface area contributed by atoms with Crippen LogP contribution in [-0.4, -0.2) is 20.0 Å². The van der Waals surface area contributed by atoms with Crippen molar-refractivity contribution in [3.8, 4) is 6.07 Å². The quantitative estimate of drug-likeness (QED) is 0.798. The summed E-state index contributed by atoms with van der Waals surface area (Å²) in [6.07, 6.45) is 0.448. The minimum Gasteiger partial charge on any atom is -0.302 e. The summed E-state index contributed by atoms with van der Waals surface area (Å²) in [5.74, 6) is -0.714. The van der Waals surface area contributed by atoms with Crippen LogP contribution in [0.1, 0.15) is 11.5 Å². The number of aldehydes is 1. The van der Waals surface area contributed by atoms with Gasteiger partial charge in [0.15, 0.2) is 9.84 Å². The number of carbonyl (C=O) groups is 1. The van der Waals surface area contributed by atoms with Crippen molar-refractivity contribution in [3.05, 3.63) is 65.2 Å². The van der Waals surface area contributed by atoms with Crippen LogP contribution in [0.15, 0.2) is 59.5 Å². The van der Waals surface area contributed by atoms with Gasteiger partial charge in [-0.3, -0.25) is 0 Å². The smallest absolute Gasteiger partial charge is 0.183 e. The van der Waals surface area contributed by atoms with Gasteiger partial charge in [0.25, 0.3) is 0 Å². The molecule has 0 amide bonds. The summed E-state index contributed by atoms with van der Waals surface area (Å²) in [6.45, 7) is 0. The molecular formula is C17H12ClNO3S. The molecule has 0 radical (unpaired) electrons. The Morgan fingerprint density at radius 1 is 1.13 bits per heavy atom. The van der Waals surface area contributed by atoms with E-state index in [1.165, 1.54) is 12.1 Å². The third kappa shape index (κ3) is 2.35. The molecule has 0 unspecified atom stereocenters. The summed E-state index contributed by atoms with van der Waals surface area (Å²) in [7, 11) is -3.80. The third-order valence-electron chi connectivity index (χ3n) is 4.18. The Balaban J connectivity index is 2.11. The Morgan fingerprint density at radius 2 is 1.83 bits per heavy atom. The summed E-state index contributed by atoms with van der Waals surface area (Å²) in [5.41, 5.74) is -0.991. The summed E-state index contributed by atoms with van der Waals surface area (Å²) in [6, 6.07) is 16.4. The first-order valence-corrected chi connectivity index (χ1v) is 8.82. The van der Waals surface area contributed by atoms with Crippen molar-refractivity contribution in [2.24, 2.45) is 5.41 Å². The SMILES string of the molecule is N#C[C@@]1(C=O)[C@H](S(=O)(=O)c2ccccc2)[C@@H]1c1cccc(Cl)c1. The molecule has 0 aromatic heterocycles. The molecule has 3 atom stereocenters. The first-order chi connectivity index (χ1) is 11.0. The van der Waals surface area contributed by atoms with Gasteiger partial charge in [-0.2, -0.15) is 5.26 Å². The molecule has 2 aromatic carbocycles. The van der Waals surface area contributed by atoms with Gasteiger partial charge in [0.1, 0.15) is 17.0 Å². The fourth-order valence-corrected chi connectivity index (χ4v) is 5.48. The maximum absolute atomic E-state index is 12.9. The van der Waals surface area contributed by atoms with Crippen LogP contribution in [-0.2, 0) is 14.6 Å². The van der Waals surface area contributed by atoms with Gasteiger partial charge in [0.05, 0.1) is 11.0 Å². The molecule has 2 aromatic rings. The molecule has 1 aliphatic rings. The van der Waals surface area contributed by atoms with Crippen LogP contribution in [0.4, 0.5) is 0 Å². The third-order valence-corrected chi connectivity index (χ3v) is 6.68. The second-order valence-electron chi connectivity index (χ2n) is 5.47. The average Bonchev–Trinajstić information content (AvgIpc) is 3.26. The summed E-state index contributed by atoms with van der Waals surface area (Å²) < 4.78 is 25.7. The lowest BCUT2D eigenvalue weighted by Gasteiger charge is -2.04. The predicted octanol–water partition coefficient (Wildman–Crippen LogP) is 2.99. The molecule has 6 heteroatoms. The maximum Gasteiger partial charge on any atom is 0.183 e. The number of nitriles is 1. The van der Waals surface area contributed by atoms with E-state index in [0.29, 0.717) is 16.9 Å². The van der Waals surface area contributed by atoms with E-state index in [1.54, 1.807) is 42.5 Å². The lowest BCUT2D eigenvalue weighted by Crippen LogP contribution is -2.16. The zero-order chi connectivity index (χ0) is 16.7. The van der Waals surface area contributed by atoms with Crippen molar-refractivity contribution in [1.29, 1.82) is 5.26 Å². The van der Waals surface area contributed by atoms with Gasteiger partial charge in [-0.05, 0) is 29.8 Å². The normalized spacial score (nSPS) is 26.3. The minimum absolute atomic E-state index is 0.107. The highest BCUT2D eigenvalue weighted by Crippen LogP contribution is 2.62. The highest BCUT2D eigenvalue weighted by atomic mass is 35.5. The molecule has 1 saturated carbocycles. The van der Waals surface area contributed by atoms with Crippen LogP contribution >= 0.6 is 11.6 Å². The van der Waals surface area contributed by atoms with E-state index in [0.717, 1.165) is 0 Å². The predicted molar refractivity (Wildman–Crippen MR) is 85.7 cm³/mol. The van der Waals surface area contributed by atoms with Crippen LogP contribution in [0.25, 0.3) is 0 Å². The molecule has 1 aliphatic carbocycles. The maximum atomic E-state index is 12.9. The van der Waals surface area contributed by atoms with Gasteiger partial charge in [-0.1, -0.05) is 41.9 Å². The number of nitrogens with zero attached hydrogens (tertiary/aromatic N) is 1. The highest BCUT2D eigenvalue weighted by molar-refractivity contribution is 7.92. The second-order valence-corrected chi connectivity index (χ2v) is 7.98. The van der Waals surface area contributed by atoms with E-state index in [1.807, 2.05) is 6.07 Å². The molecule has 0 saturated heterocycles. The van der Waals surface area contributed by atoms with Gasteiger partial charge < -0.3 is 4.79 Å². The zero-order valence-corrected chi connectivity index (χ0v) is 13.5. The van der Waals surface area contributed by atoms with Crippen LogP contribution in [0.3, 0.4) is 0 Å². The standard InChI is InChI=1S/C17H12ClNO3S/c18-13-6-4-5-12(9-13)15-16(17(15,10-19)11-20)23(21,22)14-7-2-1-3-8-14/h1-9,11,15-16H/t15-,16+,17-/m0/s1. The Kier molecular flexibility index (Phi) is 3.75. The monoisotopic (exact) mass is 345 g/mol. The molecule has 116 valence electrons. The molecule has 0 heterocycles. The largest absolute Gasteiger partial charge is 0.302 e. The lowest BCUT2D eigenvalue weighted by molar-refractivity contribution is -0.110. The number of halogens is 1. The van der Waals surface area contributed by atoms with E-state index in [9.17, 15) is 18.5 Å². The van der Waals surface area contributed by atoms with Gasteiger partial charge in [0, 0.05) is 10.9 Å². The van der Waals surface area contributed by atoms with Crippen molar-refractivity contribution in [2.75, 3.05) is 0 Å². The van der Waals surface area contributed by atoms with Crippen molar-refractivity contribution < 1.29 is 13.2 Å². The number of rotatable bonds is 4. The zero-order valence-electron chi connectivity index (χ0n) is 11.9. The molecule has 0 aliphatic heterocycles. The Morgan fingerprint density at radius 3 is 2.39 bits per heavy atom. The number of hydrogen-bond donors (Lipinski definition) is 0. The van der Waals surface area contributed by atoms with Gasteiger partial charge in [0.2, 0.25) is 0 Å². The van der Waals surface area contributed by atoms with Crippen LogP contribution < -0.4 is 0 Å². The van der Waals surface area contributed by atoms with Crippen LogP contribution in [0.5, 0.6) is 0 Å². The highest BCUT2D eigenvalue weighted by Gasteiger charge is 2.72. The van der Waals surface area contributed by atoms with Crippen molar-refractivity contribution >= 4 is 27.7 Å². The first-order valence-electron chi connectivity index (χ1n) is 6.89. The van der Waals surface area contributed by atoms with Crippen molar-refractivity contribution in [2.45, 2.75) is 16.1 Å². The van der Waals surface area contributed by atoms with E-state index in [4.69, 9.17) is 11.6 Å². The number of benzene rings is 2. The summed E-state index contributed by atoms with van der Waals surface area (Å²) >= 11 is 5.95. The molecule has 0 bridgehead atoms. The number of carbonyl (C=O) groups excluding carboxylic acids is 1. The first kappa shape index (κ1) is 15.7. The molecule has 4 nitrogen and oxygen atoms in total. The molecular weight excluding hydrogens is 334 g/mol. The van der Waals surface area contributed by atoms with Crippen molar-refractivity contribution in [3.63, 3.8) is 0 Å². The summed E-state index contributed by atoms with van der Waals surface area (Å²) in [5, 5.41) is 8.79. The lowest BCUT2D eigenvalue weighted by atomic mass is 10.0. The average molecular weight is 346 g/mol. The Bertz CT molecular complexity index is 905. The van der Waals surface area contributed by atoms with Crippen LogP contribution in [0.2, 0.25) is 5.02 Å². The van der Waals surface area contributed by atoms with E-state index in [-0.39, 0.29) is 4.90 Å². The van der Waals surface area contributed by atoms with Crippen molar-refractivity contribution in [1.82, 2.24) is 0 Å². The van der Waals surface area contributed by atoms with Gasteiger partial charge >= 0.3 is 0 Å². The van der Waals surface area contributed by atoms with Gasteiger partial charge in [-0.15, -0.1) is 0 Å². The molecule has 0 spiro atoms. The fourth-order valence-electron chi connectivity index (χ4n) is 3.02. The van der Waals surface area contributed by atoms with Gasteiger partial charge in [-0.25, -0.2) is 8.42 Å². The van der Waals surface area contributed by atoms with Crippen LogP contribution in [0, 0.1) is 16.7 Å². The Hall–Kier alpha value is -2.16. The molecule has 23 heavy (non-hydrogen) atoms. The molecule has 0 N–H and O–H groups in total. The topological polar surface area (TPSA) is 75.0 Å². The fraction of sp³-hybridized carbons (Fsp3) is 0.176. The number of sulfone groups is 1.